The fraction of sp³-hybridized carbons (Fsp3) is 0.600. The molecule has 4 nitrogen and oxygen atoms in total. The van der Waals surface area contributed by atoms with E-state index in [2.05, 4.69) is 4.90 Å². The Balaban J connectivity index is 1.97. The van der Waals surface area contributed by atoms with Crippen LogP contribution in [0.1, 0.15) is 12.5 Å². The molecule has 1 aromatic rings. The van der Waals surface area contributed by atoms with Crippen molar-refractivity contribution in [1.82, 2.24) is 4.90 Å². The summed E-state index contributed by atoms with van der Waals surface area (Å²) in [6.45, 7) is 6.88. The summed E-state index contributed by atoms with van der Waals surface area (Å²) in [4.78, 5) is 2.32. The van der Waals surface area contributed by atoms with E-state index < -0.39 is 0 Å². The van der Waals surface area contributed by atoms with Gasteiger partial charge >= 0.3 is 0 Å². The molecule has 1 aliphatic rings. The molecule has 2 rings (SSSR count). The van der Waals surface area contributed by atoms with Crippen LogP contribution in [0.2, 0.25) is 10.0 Å². The average molecular weight is 333 g/mol. The molecule has 1 atom stereocenters. The van der Waals surface area contributed by atoms with E-state index >= 15 is 0 Å². The van der Waals surface area contributed by atoms with Gasteiger partial charge in [-0.2, -0.15) is 0 Å². The largest absolute Gasteiger partial charge is 0.490 e. The predicted octanol–water partition coefficient (Wildman–Crippen LogP) is 2.59. The number of morpholine rings is 1. The van der Waals surface area contributed by atoms with Crippen LogP contribution in [0, 0.1) is 0 Å². The zero-order valence-electron chi connectivity index (χ0n) is 12.3. The SMILES string of the molecule is CC(N)Cc1cc(Cl)cc(Cl)c1OCCN1CCOCC1. The van der Waals surface area contributed by atoms with Gasteiger partial charge in [-0.05, 0) is 31.0 Å². The van der Waals surface area contributed by atoms with Gasteiger partial charge in [-0.25, -0.2) is 0 Å². The van der Waals surface area contributed by atoms with Crippen LogP contribution in [0.15, 0.2) is 12.1 Å². The standard InChI is InChI=1S/C15H22Cl2N2O2/c1-11(18)8-12-9-13(16)10-14(17)15(12)21-7-4-19-2-5-20-6-3-19/h9-11H,2-8,18H2,1H3. The lowest BCUT2D eigenvalue weighted by Gasteiger charge is -2.26. The van der Waals surface area contributed by atoms with Crippen LogP contribution in [0.3, 0.4) is 0 Å². The second kappa shape index (κ2) is 8.20. The van der Waals surface area contributed by atoms with Crippen molar-refractivity contribution < 1.29 is 9.47 Å². The van der Waals surface area contributed by atoms with E-state index in [1.54, 1.807) is 6.07 Å². The maximum atomic E-state index is 6.26. The Morgan fingerprint density at radius 1 is 1.33 bits per heavy atom. The highest BCUT2D eigenvalue weighted by Gasteiger charge is 2.14. The van der Waals surface area contributed by atoms with Crippen molar-refractivity contribution in [2.45, 2.75) is 19.4 Å². The minimum atomic E-state index is 0.0288. The molecule has 1 heterocycles. The van der Waals surface area contributed by atoms with Crippen LogP contribution >= 0.6 is 23.2 Å². The van der Waals surface area contributed by atoms with E-state index in [1.165, 1.54) is 0 Å². The van der Waals surface area contributed by atoms with Gasteiger partial charge in [0.15, 0.2) is 0 Å². The third-order valence-electron chi connectivity index (χ3n) is 3.38. The summed E-state index contributed by atoms with van der Waals surface area (Å²) in [5.41, 5.74) is 6.84. The van der Waals surface area contributed by atoms with E-state index in [0.29, 0.717) is 28.8 Å². The summed E-state index contributed by atoms with van der Waals surface area (Å²) in [7, 11) is 0. The van der Waals surface area contributed by atoms with E-state index in [0.717, 1.165) is 38.4 Å². The molecule has 1 fully saturated rings. The van der Waals surface area contributed by atoms with Crippen LogP contribution in [0.5, 0.6) is 5.75 Å². The summed E-state index contributed by atoms with van der Waals surface area (Å²) >= 11 is 12.3. The number of hydrogen-bond acceptors (Lipinski definition) is 4. The van der Waals surface area contributed by atoms with Gasteiger partial charge in [-0.3, -0.25) is 4.90 Å². The first-order valence-electron chi connectivity index (χ1n) is 7.22. The van der Waals surface area contributed by atoms with Gasteiger partial charge in [0.1, 0.15) is 12.4 Å². The summed E-state index contributed by atoms with van der Waals surface area (Å²) in [6.07, 6.45) is 0.688. The molecule has 118 valence electrons. The molecule has 0 aliphatic carbocycles. The van der Waals surface area contributed by atoms with E-state index in [9.17, 15) is 0 Å². The monoisotopic (exact) mass is 332 g/mol. The topological polar surface area (TPSA) is 47.7 Å². The molecular formula is C15H22Cl2N2O2. The molecule has 0 amide bonds. The lowest BCUT2D eigenvalue weighted by molar-refractivity contribution is 0.0322. The lowest BCUT2D eigenvalue weighted by Crippen LogP contribution is -2.38. The summed E-state index contributed by atoms with van der Waals surface area (Å²) < 4.78 is 11.2. The Morgan fingerprint density at radius 3 is 2.71 bits per heavy atom. The molecule has 2 N–H and O–H groups in total. The van der Waals surface area contributed by atoms with E-state index in [-0.39, 0.29) is 6.04 Å². The molecule has 1 aliphatic heterocycles. The van der Waals surface area contributed by atoms with Gasteiger partial charge < -0.3 is 15.2 Å². The Kier molecular flexibility index (Phi) is 6.58. The van der Waals surface area contributed by atoms with Gasteiger partial charge in [-0.1, -0.05) is 23.2 Å². The molecule has 0 radical (unpaired) electrons. The van der Waals surface area contributed by atoms with Crippen molar-refractivity contribution >= 4 is 23.2 Å². The van der Waals surface area contributed by atoms with Gasteiger partial charge in [0.05, 0.1) is 18.2 Å². The third-order valence-corrected chi connectivity index (χ3v) is 3.88. The molecule has 21 heavy (non-hydrogen) atoms. The first kappa shape index (κ1) is 16.8. The van der Waals surface area contributed by atoms with E-state index in [1.807, 2.05) is 13.0 Å². The molecular weight excluding hydrogens is 311 g/mol. The molecule has 0 aromatic heterocycles. The Hall–Kier alpha value is -0.520. The highest BCUT2D eigenvalue weighted by atomic mass is 35.5. The summed E-state index contributed by atoms with van der Waals surface area (Å²) in [5, 5.41) is 1.15. The number of hydrogen-bond donors (Lipinski definition) is 1. The summed E-state index contributed by atoms with van der Waals surface area (Å²) in [5.74, 6) is 0.701. The van der Waals surface area contributed by atoms with Crippen LogP contribution in [-0.2, 0) is 11.2 Å². The van der Waals surface area contributed by atoms with Crippen molar-refractivity contribution in [1.29, 1.82) is 0 Å². The third kappa shape index (κ3) is 5.31. The van der Waals surface area contributed by atoms with Crippen molar-refractivity contribution in [3.05, 3.63) is 27.7 Å². The number of halogens is 2. The fourth-order valence-electron chi connectivity index (χ4n) is 2.38. The minimum absolute atomic E-state index is 0.0288. The van der Waals surface area contributed by atoms with Crippen LogP contribution in [-0.4, -0.2) is 50.4 Å². The Labute approximate surface area is 136 Å². The predicted molar refractivity (Wildman–Crippen MR) is 86.6 cm³/mol. The number of nitrogens with two attached hydrogens (primary N) is 1. The number of nitrogens with zero attached hydrogens (tertiary/aromatic N) is 1. The lowest BCUT2D eigenvalue weighted by atomic mass is 10.1. The molecule has 0 spiro atoms. The van der Waals surface area contributed by atoms with Gasteiger partial charge in [0.25, 0.3) is 0 Å². The zero-order valence-corrected chi connectivity index (χ0v) is 13.8. The summed E-state index contributed by atoms with van der Waals surface area (Å²) in [6, 6.07) is 3.61. The van der Waals surface area contributed by atoms with Gasteiger partial charge in [0.2, 0.25) is 0 Å². The highest BCUT2D eigenvalue weighted by Crippen LogP contribution is 2.33. The number of ether oxygens (including phenoxy) is 2. The van der Waals surface area contributed by atoms with Crippen LogP contribution < -0.4 is 10.5 Å². The van der Waals surface area contributed by atoms with Gasteiger partial charge in [0, 0.05) is 30.7 Å². The first-order valence-corrected chi connectivity index (χ1v) is 7.98. The first-order chi connectivity index (χ1) is 10.1. The van der Waals surface area contributed by atoms with Gasteiger partial charge in [-0.15, -0.1) is 0 Å². The van der Waals surface area contributed by atoms with Crippen LogP contribution in [0.25, 0.3) is 0 Å². The zero-order chi connectivity index (χ0) is 15.2. The van der Waals surface area contributed by atoms with Crippen molar-refractivity contribution in [2.24, 2.45) is 5.73 Å². The number of rotatable bonds is 6. The molecule has 1 saturated heterocycles. The van der Waals surface area contributed by atoms with Crippen molar-refractivity contribution in [3.8, 4) is 5.75 Å². The second-order valence-electron chi connectivity index (χ2n) is 5.36. The highest BCUT2D eigenvalue weighted by molar-refractivity contribution is 6.35. The number of benzene rings is 1. The molecule has 1 unspecified atom stereocenters. The Morgan fingerprint density at radius 2 is 2.05 bits per heavy atom. The molecule has 1 aromatic carbocycles. The fourth-order valence-corrected chi connectivity index (χ4v) is 2.97. The minimum Gasteiger partial charge on any atom is -0.490 e. The smallest absolute Gasteiger partial charge is 0.141 e. The average Bonchev–Trinajstić information content (AvgIpc) is 2.42. The maximum Gasteiger partial charge on any atom is 0.141 e. The Bertz CT molecular complexity index is 463. The van der Waals surface area contributed by atoms with Crippen molar-refractivity contribution in [2.75, 3.05) is 39.5 Å². The van der Waals surface area contributed by atoms with Crippen LogP contribution in [0.4, 0.5) is 0 Å². The van der Waals surface area contributed by atoms with E-state index in [4.69, 9.17) is 38.4 Å². The quantitative estimate of drug-likeness (QED) is 0.869. The van der Waals surface area contributed by atoms with Crippen molar-refractivity contribution in [3.63, 3.8) is 0 Å². The molecule has 0 bridgehead atoms. The molecule has 0 saturated carbocycles. The molecule has 6 heteroatoms. The maximum absolute atomic E-state index is 6.26. The normalized spacial score (nSPS) is 17.7. The second-order valence-corrected chi connectivity index (χ2v) is 6.20.